The average molecular weight is 567 g/mol. The number of hydrogen-bond donors (Lipinski definition) is 5. The van der Waals surface area contributed by atoms with Crippen LogP contribution in [0.25, 0.3) is 0 Å². The molecule has 1 fully saturated rings. The third-order valence-electron chi connectivity index (χ3n) is 7.21. The molecule has 4 amide bonds. The number of Topliss-reactive ketones (excluding diaryl/α,β-unsaturated/α-hetero) is 1. The smallest absolute Gasteiger partial charge is 0.329 e. The van der Waals surface area contributed by atoms with Crippen LogP contribution in [0.15, 0.2) is 0 Å². The van der Waals surface area contributed by atoms with Gasteiger partial charge in [0, 0.05) is 18.9 Å². The molecule has 2 atom stereocenters. The molecule has 228 valence electrons. The Morgan fingerprint density at radius 2 is 1.35 bits per heavy atom. The lowest BCUT2D eigenvalue weighted by Gasteiger charge is -2.20. The summed E-state index contributed by atoms with van der Waals surface area (Å²) in [5, 5.41) is 16.8. The number of aliphatic carboxylic acids is 1. The van der Waals surface area contributed by atoms with Gasteiger partial charge in [-0.2, -0.15) is 0 Å². The fraction of sp³-hybridized carbons (Fsp3) is 0.793. The van der Waals surface area contributed by atoms with Crippen LogP contribution >= 0.6 is 0 Å². The number of carbonyl (C=O) groups is 6. The van der Waals surface area contributed by atoms with E-state index in [0.717, 1.165) is 19.3 Å². The molecule has 1 aliphatic rings. The first-order valence-corrected chi connectivity index (χ1v) is 14.9. The normalized spacial score (nSPS) is 14.9. The van der Waals surface area contributed by atoms with Crippen LogP contribution in [0.4, 0.5) is 0 Å². The van der Waals surface area contributed by atoms with Gasteiger partial charge in [-0.1, -0.05) is 71.1 Å². The van der Waals surface area contributed by atoms with E-state index in [9.17, 15) is 28.8 Å². The van der Waals surface area contributed by atoms with E-state index in [1.54, 1.807) is 6.92 Å². The van der Waals surface area contributed by atoms with Crippen molar-refractivity contribution in [3.63, 3.8) is 0 Å². The fourth-order valence-corrected chi connectivity index (χ4v) is 4.52. The number of nitrogens with one attached hydrogen (secondary N) is 3. The number of rotatable bonds is 24. The van der Waals surface area contributed by atoms with Crippen LogP contribution in [0.3, 0.4) is 0 Å². The van der Waals surface area contributed by atoms with Crippen LogP contribution in [0.2, 0.25) is 0 Å². The largest absolute Gasteiger partial charge is 0.480 e. The van der Waals surface area contributed by atoms with Crippen molar-refractivity contribution < 1.29 is 33.9 Å². The zero-order chi connectivity index (χ0) is 30.0. The van der Waals surface area contributed by atoms with E-state index in [1.807, 2.05) is 0 Å². The van der Waals surface area contributed by atoms with Crippen LogP contribution in [0.5, 0.6) is 0 Å². The van der Waals surface area contributed by atoms with Crippen molar-refractivity contribution in [3.05, 3.63) is 0 Å². The van der Waals surface area contributed by atoms with Gasteiger partial charge < -0.3 is 26.8 Å². The van der Waals surface area contributed by atoms with E-state index in [4.69, 9.17) is 10.8 Å². The molecular formula is C29H50N4O7. The first-order chi connectivity index (χ1) is 19.0. The molecule has 6 N–H and O–H groups in total. The van der Waals surface area contributed by atoms with E-state index in [1.165, 1.54) is 44.9 Å². The van der Waals surface area contributed by atoms with E-state index < -0.39 is 47.7 Å². The molecular weight excluding hydrogens is 516 g/mol. The second kappa shape index (κ2) is 19.2. The zero-order valence-corrected chi connectivity index (χ0v) is 24.4. The van der Waals surface area contributed by atoms with Gasteiger partial charge in [-0.05, 0) is 32.6 Å². The second-order valence-corrected chi connectivity index (χ2v) is 11.2. The molecule has 11 heteroatoms. The number of amides is 4. The van der Waals surface area contributed by atoms with Crippen LogP contribution in [-0.2, 0) is 28.8 Å². The molecule has 0 aliphatic heterocycles. The fourth-order valence-electron chi connectivity index (χ4n) is 4.52. The predicted octanol–water partition coefficient (Wildman–Crippen LogP) is 3.03. The van der Waals surface area contributed by atoms with Gasteiger partial charge in [-0.25, -0.2) is 4.79 Å². The SMILES string of the molecule is CCCCCCCCCCCCCC(=O)N[C@H](CC(N)=O)C(=O)N[C@@H](C)CCC(=O)CC(=O)NC1(C(=O)O)CC1. The molecule has 0 radical (unpaired) electrons. The molecule has 0 bridgehead atoms. The molecule has 1 rings (SSSR count). The van der Waals surface area contributed by atoms with Crippen molar-refractivity contribution in [2.45, 2.75) is 147 Å². The van der Waals surface area contributed by atoms with Crippen molar-refractivity contribution in [2.75, 3.05) is 0 Å². The monoisotopic (exact) mass is 566 g/mol. The average Bonchev–Trinajstić information content (AvgIpc) is 3.66. The minimum Gasteiger partial charge on any atom is -0.480 e. The standard InChI is InChI=1S/C29H50N4O7/c1-3-4-5-6-7-8-9-10-11-12-13-14-25(36)32-23(20-24(30)35)27(38)31-21(2)15-16-22(34)19-26(37)33-29(17-18-29)28(39)40/h21,23H,3-20H2,1-2H3,(H2,30,35)(H,31,38)(H,32,36)(H,33,37)(H,39,40)/t21-,23+/m0/s1. The Bertz CT molecular complexity index is 857. The van der Waals surface area contributed by atoms with Gasteiger partial charge in [0.25, 0.3) is 0 Å². The Balaban J connectivity index is 2.29. The van der Waals surface area contributed by atoms with E-state index in [0.29, 0.717) is 19.3 Å². The molecule has 0 aromatic carbocycles. The quantitative estimate of drug-likeness (QED) is 0.0877. The van der Waals surface area contributed by atoms with Crippen LogP contribution in [0, 0.1) is 0 Å². The molecule has 0 unspecified atom stereocenters. The lowest BCUT2D eigenvalue weighted by molar-refractivity contribution is -0.143. The van der Waals surface area contributed by atoms with Gasteiger partial charge in [0.15, 0.2) is 0 Å². The zero-order valence-electron chi connectivity index (χ0n) is 24.4. The van der Waals surface area contributed by atoms with E-state index >= 15 is 0 Å². The highest BCUT2D eigenvalue weighted by atomic mass is 16.4. The first kappa shape index (κ1) is 35.0. The number of nitrogens with two attached hydrogens (primary N) is 1. The van der Waals surface area contributed by atoms with E-state index in [2.05, 4.69) is 22.9 Å². The van der Waals surface area contributed by atoms with Crippen molar-refractivity contribution in [1.82, 2.24) is 16.0 Å². The molecule has 0 aromatic rings. The first-order valence-electron chi connectivity index (χ1n) is 14.9. The number of hydrogen-bond acceptors (Lipinski definition) is 6. The van der Waals surface area contributed by atoms with E-state index in [-0.39, 0.29) is 37.4 Å². The molecule has 0 heterocycles. The van der Waals surface area contributed by atoms with Crippen molar-refractivity contribution in [2.24, 2.45) is 5.73 Å². The van der Waals surface area contributed by atoms with Gasteiger partial charge in [-0.3, -0.25) is 24.0 Å². The topological polar surface area (TPSA) is 185 Å². The Hall–Kier alpha value is -2.98. The van der Waals surface area contributed by atoms with Gasteiger partial charge in [0.05, 0.1) is 12.8 Å². The second-order valence-electron chi connectivity index (χ2n) is 11.2. The summed E-state index contributed by atoms with van der Waals surface area (Å²) in [4.78, 5) is 71.8. The van der Waals surface area contributed by atoms with Gasteiger partial charge in [0.1, 0.15) is 17.4 Å². The van der Waals surface area contributed by atoms with Crippen molar-refractivity contribution in [3.8, 4) is 0 Å². The Kier molecular flexibility index (Phi) is 16.8. The Morgan fingerprint density at radius 3 is 1.85 bits per heavy atom. The Morgan fingerprint density at radius 1 is 0.800 bits per heavy atom. The van der Waals surface area contributed by atoms with Gasteiger partial charge >= 0.3 is 5.97 Å². The molecule has 40 heavy (non-hydrogen) atoms. The summed E-state index contributed by atoms with van der Waals surface area (Å²) in [6, 6.07) is -1.57. The Labute approximate surface area is 238 Å². The molecule has 0 aromatic heterocycles. The third kappa shape index (κ3) is 15.6. The number of carbonyl (C=O) groups excluding carboxylic acids is 5. The highest BCUT2D eigenvalue weighted by molar-refractivity contribution is 6.00. The minimum atomic E-state index is -1.24. The maximum Gasteiger partial charge on any atom is 0.329 e. The summed E-state index contributed by atoms with van der Waals surface area (Å²) in [5.41, 5.74) is 4.03. The summed E-state index contributed by atoms with van der Waals surface area (Å²) in [6.07, 6.45) is 13.2. The highest BCUT2D eigenvalue weighted by Gasteiger charge is 2.51. The molecule has 1 aliphatic carbocycles. The summed E-state index contributed by atoms with van der Waals surface area (Å²) in [7, 11) is 0. The number of primary amides is 1. The number of carboxylic acid groups (broad SMARTS) is 1. The summed E-state index contributed by atoms with van der Waals surface area (Å²) >= 11 is 0. The van der Waals surface area contributed by atoms with Crippen molar-refractivity contribution in [1.29, 1.82) is 0 Å². The predicted molar refractivity (Wildman–Crippen MR) is 151 cm³/mol. The highest BCUT2D eigenvalue weighted by Crippen LogP contribution is 2.35. The minimum absolute atomic E-state index is 0.000635. The van der Waals surface area contributed by atoms with Gasteiger partial charge in [-0.15, -0.1) is 0 Å². The third-order valence-corrected chi connectivity index (χ3v) is 7.21. The number of carboxylic acids is 1. The summed E-state index contributed by atoms with van der Waals surface area (Å²) < 4.78 is 0. The number of unbranched alkanes of at least 4 members (excludes halogenated alkanes) is 10. The van der Waals surface area contributed by atoms with Crippen LogP contribution < -0.4 is 21.7 Å². The molecule has 0 saturated heterocycles. The molecule has 0 spiro atoms. The van der Waals surface area contributed by atoms with Gasteiger partial charge in [0.2, 0.25) is 23.6 Å². The van der Waals surface area contributed by atoms with Crippen LogP contribution in [-0.4, -0.2) is 58.1 Å². The van der Waals surface area contributed by atoms with Crippen molar-refractivity contribution >= 4 is 35.4 Å². The maximum absolute atomic E-state index is 12.7. The molecule has 11 nitrogen and oxygen atoms in total. The maximum atomic E-state index is 12.7. The lowest BCUT2D eigenvalue weighted by atomic mass is 10.0. The molecule has 1 saturated carbocycles. The summed E-state index contributed by atoms with van der Waals surface area (Å²) in [5.74, 6) is -3.74. The number of ketones is 1. The van der Waals surface area contributed by atoms with Crippen LogP contribution in [0.1, 0.15) is 129 Å². The lowest BCUT2D eigenvalue weighted by Crippen LogP contribution is -2.50. The summed E-state index contributed by atoms with van der Waals surface area (Å²) in [6.45, 7) is 3.88.